The molecule has 0 amide bonds. The van der Waals surface area contributed by atoms with Gasteiger partial charge in [0.05, 0.1) is 11.0 Å². The van der Waals surface area contributed by atoms with Crippen LogP contribution in [0.3, 0.4) is 0 Å². The van der Waals surface area contributed by atoms with Gasteiger partial charge in [-0.15, -0.1) is 0 Å². The molecule has 2 aliphatic carbocycles. The van der Waals surface area contributed by atoms with E-state index in [1.165, 1.54) is 66.6 Å². The number of hydrogen-bond donors (Lipinski definition) is 0. The van der Waals surface area contributed by atoms with Gasteiger partial charge in [-0.05, 0) is 106 Å². The molecule has 2 unspecified atom stereocenters. The molecule has 2 nitrogen and oxygen atoms in total. The lowest BCUT2D eigenvalue weighted by atomic mass is 9.62. The van der Waals surface area contributed by atoms with E-state index in [1.807, 2.05) is 0 Å². The number of allylic oxidation sites excluding steroid dienone is 4. The summed E-state index contributed by atoms with van der Waals surface area (Å²) in [5.74, 6) is 0.374. The Morgan fingerprint density at radius 2 is 1.06 bits per heavy atom. The lowest BCUT2D eigenvalue weighted by Crippen LogP contribution is -2.36. The van der Waals surface area contributed by atoms with Crippen LogP contribution in [0.15, 0.2) is 194 Å². The second-order valence-corrected chi connectivity index (χ2v) is 15.6. The van der Waals surface area contributed by atoms with E-state index < -0.39 is 0 Å². The monoisotopic (exact) mass is 694 g/mol. The van der Waals surface area contributed by atoms with Crippen LogP contribution in [-0.2, 0) is 5.41 Å². The number of rotatable bonds is 6. The van der Waals surface area contributed by atoms with Crippen LogP contribution in [0.5, 0.6) is 0 Å². The van der Waals surface area contributed by atoms with E-state index in [9.17, 15) is 0 Å². The summed E-state index contributed by atoms with van der Waals surface area (Å²) in [6.45, 7) is 7.26. The molecule has 7 aromatic carbocycles. The number of para-hydroxylation sites is 2. The Balaban J connectivity index is 1.07. The Bertz CT molecular complexity index is 2730. The van der Waals surface area contributed by atoms with Crippen molar-refractivity contribution in [2.45, 2.75) is 32.1 Å². The smallest absolute Gasteiger partial charge is 0.0541 e. The molecule has 1 aromatic heterocycles. The van der Waals surface area contributed by atoms with Crippen molar-refractivity contribution in [3.05, 3.63) is 205 Å². The van der Waals surface area contributed by atoms with Crippen molar-refractivity contribution in [3.63, 3.8) is 0 Å². The SMILES string of the molecule is CC1(C)c2cc(N(c3ccc(-c4ccccc4)cc3)c3ccc(-c4ccc5c(c4)c4ccccc4n5-c4ccccc4)cc3)ccc2C2C=CC=CC21C. The van der Waals surface area contributed by atoms with E-state index in [2.05, 4.69) is 224 Å². The molecule has 0 fully saturated rings. The highest BCUT2D eigenvalue weighted by Gasteiger charge is 2.53. The van der Waals surface area contributed by atoms with Gasteiger partial charge in [0.1, 0.15) is 0 Å². The van der Waals surface area contributed by atoms with Gasteiger partial charge in [-0.2, -0.15) is 0 Å². The molecule has 2 atom stereocenters. The Kier molecular flexibility index (Phi) is 7.39. The molecule has 1 heterocycles. The Labute approximate surface area is 318 Å². The number of anilines is 3. The number of aromatic nitrogens is 1. The molecule has 260 valence electrons. The molecule has 0 saturated heterocycles. The minimum absolute atomic E-state index is 0.0285. The van der Waals surface area contributed by atoms with Gasteiger partial charge in [0, 0.05) is 44.9 Å². The predicted octanol–water partition coefficient (Wildman–Crippen LogP) is 14.1. The minimum Gasteiger partial charge on any atom is -0.310 e. The maximum Gasteiger partial charge on any atom is 0.0541 e. The van der Waals surface area contributed by atoms with E-state index in [4.69, 9.17) is 0 Å². The number of benzene rings is 7. The lowest BCUT2D eigenvalue weighted by molar-refractivity contribution is 0.245. The van der Waals surface area contributed by atoms with Gasteiger partial charge >= 0.3 is 0 Å². The fraction of sp³-hybridized carbons (Fsp3) is 0.115. The zero-order valence-corrected chi connectivity index (χ0v) is 30.9. The van der Waals surface area contributed by atoms with Crippen LogP contribution in [0.1, 0.15) is 37.8 Å². The van der Waals surface area contributed by atoms with Gasteiger partial charge < -0.3 is 9.47 Å². The van der Waals surface area contributed by atoms with Crippen molar-refractivity contribution in [3.8, 4) is 27.9 Å². The fourth-order valence-corrected chi connectivity index (χ4v) is 9.24. The molecule has 0 N–H and O–H groups in total. The molecule has 2 aliphatic rings. The van der Waals surface area contributed by atoms with Crippen molar-refractivity contribution in [1.29, 1.82) is 0 Å². The highest BCUT2D eigenvalue weighted by atomic mass is 15.1. The first-order chi connectivity index (χ1) is 26.4. The van der Waals surface area contributed by atoms with Crippen LogP contribution in [0.4, 0.5) is 17.1 Å². The molecular weight excluding hydrogens is 653 g/mol. The molecule has 0 radical (unpaired) electrons. The second-order valence-electron chi connectivity index (χ2n) is 15.6. The van der Waals surface area contributed by atoms with E-state index >= 15 is 0 Å². The van der Waals surface area contributed by atoms with Gasteiger partial charge in [0.15, 0.2) is 0 Å². The molecule has 0 aliphatic heterocycles. The fourth-order valence-electron chi connectivity index (χ4n) is 9.24. The predicted molar refractivity (Wildman–Crippen MR) is 228 cm³/mol. The summed E-state index contributed by atoms with van der Waals surface area (Å²) >= 11 is 0. The summed E-state index contributed by atoms with van der Waals surface area (Å²) in [6.07, 6.45) is 9.26. The zero-order valence-electron chi connectivity index (χ0n) is 30.9. The standard InChI is InChI=1S/C52H42N2/c1-51(2)48-35-43(30-31-45(48)47-19-12-13-33-52(47,51)3)53(41-26-21-37(22-27-41)36-14-6-4-7-15-36)42-28-23-38(24-29-42)39-25-32-50-46(34-39)44-18-10-11-20-49(44)54(50)40-16-8-5-9-17-40/h4-35,47H,1-3H3. The van der Waals surface area contributed by atoms with Crippen LogP contribution in [0, 0.1) is 5.41 Å². The average Bonchev–Trinajstić information content (AvgIpc) is 3.64. The Morgan fingerprint density at radius 3 is 1.78 bits per heavy atom. The molecule has 0 bridgehead atoms. The first-order valence-electron chi connectivity index (χ1n) is 19.1. The van der Waals surface area contributed by atoms with Crippen molar-refractivity contribution in [1.82, 2.24) is 4.57 Å². The molecule has 8 aromatic rings. The van der Waals surface area contributed by atoms with Crippen LogP contribution in [0.25, 0.3) is 49.7 Å². The van der Waals surface area contributed by atoms with E-state index in [0.29, 0.717) is 5.92 Å². The van der Waals surface area contributed by atoms with Crippen molar-refractivity contribution in [2.75, 3.05) is 4.90 Å². The van der Waals surface area contributed by atoms with Gasteiger partial charge in [-0.1, -0.05) is 148 Å². The molecule has 54 heavy (non-hydrogen) atoms. The molecule has 10 rings (SSSR count). The number of nitrogens with zero attached hydrogens (tertiary/aromatic N) is 2. The summed E-state index contributed by atoms with van der Waals surface area (Å²) in [6, 6.07) is 62.2. The van der Waals surface area contributed by atoms with Gasteiger partial charge in [-0.25, -0.2) is 0 Å². The number of fused-ring (bicyclic) bond motifs is 6. The largest absolute Gasteiger partial charge is 0.310 e. The first kappa shape index (κ1) is 32.3. The summed E-state index contributed by atoms with van der Waals surface area (Å²) in [5.41, 5.74) is 14.8. The third-order valence-corrected chi connectivity index (χ3v) is 12.5. The van der Waals surface area contributed by atoms with Crippen LogP contribution >= 0.6 is 0 Å². The Morgan fingerprint density at radius 1 is 0.481 bits per heavy atom. The zero-order chi connectivity index (χ0) is 36.4. The summed E-state index contributed by atoms with van der Waals surface area (Å²) < 4.78 is 2.37. The van der Waals surface area contributed by atoms with Gasteiger partial charge in [-0.3, -0.25) is 0 Å². The van der Waals surface area contributed by atoms with Crippen LogP contribution in [0.2, 0.25) is 0 Å². The normalized spacial score (nSPS) is 18.2. The highest BCUT2D eigenvalue weighted by Crippen LogP contribution is 2.61. The van der Waals surface area contributed by atoms with Crippen LogP contribution < -0.4 is 4.90 Å². The molecule has 0 spiro atoms. The lowest BCUT2D eigenvalue weighted by Gasteiger charge is -2.41. The first-order valence-corrected chi connectivity index (χ1v) is 19.1. The van der Waals surface area contributed by atoms with Crippen molar-refractivity contribution in [2.24, 2.45) is 5.41 Å². The highest BCUT2D eigenvalue weighted by molar-refractivity contribution is 6.10. The maximum absolute atomic E-state index is 2.45. The van der Waals surface area contributed by atoms with E-state index in [0.717, 1.165) is 11.4 Å². The molecular formula is C52H42N2. The molecule has 2 heteroatoms. The second kappa shape index (κ2) is 12.4. The van der Waals surface area contributed by atoms with E-state index in [-0.39, 0.29) is 10.8 Å². The maximum atomic E-state index is 2.45. The van der Waals surface area contributed by atoms with Gasteiger partial charge in [0.25, 0.3) is 0 Å². The van der Waals surface area contributed by atoms with Crippen molar-refractivity contribution < 1.29 is 0 Å². The Hall–Kier alpha value is -6.38. The summed E-state index contributed by atoms with van der Waals surface area (Å²) in [4.78, 5) is 2.42. The van der Waals surface area contributed by atoms with Crippen molar-refractivity contribution >= 4 is 38.9 Å². The minimum atomic E-state index is -0.0285. The quantitative estimate of drug-likeness (QED) is 0.168. The topological polar surface area (TPSA) is 8.17 Å². The summed E-state index contributed by atoms with van der Waals surface area (Å²) in [5, 5.41) is 2.52. The van der Waals surface area contributed by atoms with E-state index in [1.54, 1.807) is 0 Å². The number of hydrogen-bond acceptors (Lipinski definition) is 1. The van der Waals surface area contributed by atoms with Crippen LogP contribution in [-0.4, -0.2) is 4.57 Å². The summed E-state index contributed by atoms with van der Waals surface area (Å²) in [7, 11) is 0. The molecule has 0 saturated carbocycles. The third-order valence-electron chi connectivity index (χ3n) is 12.5. The van der Waals surface area contributed by atoms with Gasteiger partial charge in [0.2, 0.25) is 0 Å². The third kappa shape index (κ3) is 4.94. The average molecular weight is 695 g/mol.